The van der Waals surface area contributed by atoms with Gasteiger partial charge in [0.25, 0.3) is 0 Å². The predicted molar refractivity (Wildman–Crippen MR) is 66.7 cm³/mol. The fraction of sp³-hybridized carbons (Fsp3) is 0.143. The van der Waals surface area contributed by atoms with Gasteiger partial charge in [-0.2, -0.15) is 0 Å². The molecule has 16 heavy (non-hydrogen) atoms. The Morgan fingerprint density at radius 1 is 0.938 bits per heavy atom. The van der Waals surface area contributed by atoms with Crippen LogP contribution in [0.2, 0.25) is 5.02 Å². The summed E-state index contributed by atoms with van der Waals surface area (Å²) in [5, 5.41) is 0.732. The van der Waals surface area contributed by atoms with Gasteiger partial charge in [0, 0.05) is 12.1 Å². The third-order valence-corrected chi connectivity index (χ3v) is 2.72. The molecule has 0 saturated heterocycles. The van der Waals surface area contributed by atoms with Crippen LogP contribution in [0, 0.1) is 0 Å². The molecule has 0 aliphatic rings. The van der Waals surface area contributed by atoms with Crippen molar-refractivity contribution in [2.45, 2.75) is 6.10 Å². The first-order valence-corrected chi connectivity index (χ1v) is 5.52. The largest absolute Gasteiger partial charge is 0.372 e. The smallest absolute Gasteiger partial charge is 0.107 e. The lowest BCUT2D eigenvalue weighted by Gasteiger charge is -2.16. The van der Waals surface area contributed by atoms with Crippen molar-refractivity contribution < 1.29 is 4.74 Å². The van der Waals surface area contributed by atoms with E-state index in [0.29, 0.717) is 0 Å². The van der Waals surface area contributed by atoms with Crippen molar-refractivity contribution in [1.82, 2.24) is 0 Å². The Morgan fingerprint density at radius 2 is 1.62 bits per heavy atom. The number of rotatable bonds is 3. The summed E-state index contributed by atoms with van der Waals surface area (Å²) < 4.78 is 5.52. The van der Waals surface area contributed by atoms with Crippen LogP contribution in [0.5, 0.6) is 0 Å². The molecule has 0 spiro atoms. The molecule has 0 saturated carbocycles. The fourth-order valence-electron chi connectivity index (χ4n) is 1.76. The predicted octanol–water partition coefficient (Wildman–Crippen LogP) is 4.08. The van der Waals surface area contributed by atoms with Crippen molar-refractivity contribution in [1.29, 1.82) is 0 Å². The lowest BCUT2D eigenvalue weighted by molar-refractivity contribution is 0.136. The lowest BCUT2D eigenvalue weighted by atomic mass is 10.0. The molecule has 0 heterocycles. The van der Waals surface area contributed by atoms with Gasteiger partial charge in [-0.1, -0.05) is 54.1 Å². The van der Waals surface area contributed by atoms with E-state index in [1.165, 1.54) is 0 Å². The molecule has 2 aromatic rings. The molecule has 0 bridgehead atoms. The van der Waals surface area contributed by atoms with Gasteiger partial charge >= 0.3 is 0 Å². The topological polar surface area (TPSA) is 9.23 Å². The van der Waals surface area contributed by atoms with Gasteiger partial charge in [0.15, 0.2) is 0 Å². The zero-order chi connectivity index (χ0) is 11.4. The van der Waals surface area contributed by atoms with Gasteiger partial charge in [0.05, 0.1) is 0 Å². The van der Waals surface area contributed by atoms with E-state index in [2.05, 4.69) is 12.1 Å². The second-order valence-electron chi connectivity index (χ2n) is 3.58. The normalized spacial score (nSPS) is 12.4. The van der Waals surface area contributed by atoms with E-state index in [0.717, 1.165) is 16.1 Å². The molecule has 1 nitrogen and oxygen atoms in total. The third kappa shape index (κ3) is 2.43. The number of hydrogen-bond donors (Lipinski definition) is 0. The molecule has 2 rings (SSSR count). The average molecular weight is 233 g/mol. The SMILES string of the molecule is CO[C@@H](c1ccccc1)c1cccc(Cl)c1. The van der Waals surface area contributed by atoms with Crippen LogP contribution in [0.25, 0.3) is 0 Å². The van der Waals surface area contributed by atoms with Crippen LogP contribution in [0.15, 0.2) is 54.6 Å². The van der Waals surface area contributed by atoms with Crippen molar-refractivity contribution in [2.75, 3.05) is 7.11 Å². The molecule has 0 aliphatic carbocycles. The summed E-state index contributed by atoms with van der Waals surface area (Å²) in [6.07, 6.45) is -0.0556. The summed E-state index contributed by atoms with van der Waals surface area (Å²) in [5.41, 5.74) is 2.20. The van der Waals surface area contributed by atoms with Crippen LogP contribution in [0.4, 0.5) is 0 Å². The molecular formula is C14H13ClO. The van der Waals surface area contributed by atoms with E-state index >= 15 is 0 Å². The van der Waals surface area contributed by atoms with Crippen molar-refractivity contribution >= 4 is 11.6 Å². The number of ether oxygens (including phenoxy) is 1. The first kappa shape index (κ1) is 11.2. The number of benzene rings is 2. The summed E-state index contributed by atoms with van der Waals surface area (Å²) in [6, 6.07) is 17.9. The van der Waals surface area contributed by atoms with Crippen molar-refractivity contribution in [3.8, 4) is 0 Å². The maximum absolute atomic E-state index is 5.98. The van der Waals surface area contributed by atoms with E-state index in [1.54, 1.807) is 7.11 Å². The number of methoxy groups -OCH3 is 1. The van der Waals surface area contributed by atoms with Crippen molar-refractivity contribution in [2.24, 2.45) is 0 Å². The Bertz CT molecular complexity index is 453. The Morgan fingerprint density at radius 3 is 2.25 bits per heavy atom. The molecule has 1 atom stereocenters. The van der Waals surface area contributed by atoms with Crippen LogP contribution >= 0.6 is 11.6 Å². The molecule has 0 aromatic heterocycles. The van der Waals surface area contributed by atoms with Crippen molar-refractivity contribution in [3.63, 3.8) is 0 Å². The molecule has 2 aromatic carbocycles. The van der Waals surface area contributed by atoms with Gasteiger partial charge in [-0.15, -0.1) is 0 Å². The van der Waals surface area contributed by atoms with Crippen LogP contribution in [-0.4, -0.2) is 7.11 Å². The first-order chi connectivity index (χ1) is 7.81. The minimum atomic E-state index is -0.0556. The van der Waals surface area contributed by atoms with E-state index in [1.807, 2.05) is 42.5 Å². The highest BCUT2D eigenvalue weighted by Crippen LogP contribution is 2.26. The first-order valence-electron chi connectivity index (χ1n) is 5.14. The summed E-state index contributed by atoms with van der Waals surface area (Å²) in [6.45, 7) is 0. The number of hydrogen-bond acceptors (Lipinski definition) is 1. The molecular weight excluding hydrogens is 220 g/mol. The van der Waals surface area contributed by atoms with E-state index in [9.17, 15) is 0 Å². The Hall–Kier alpha value is -1.31. The molecule has 0 aliphatic heterocycles. The van der Waals surface area contributed by atoms with Crippen LogP contribution < -0.4 is 0 Å². The maximum Gasteiger partial charge on any atom is 0.107 e. The van der Waals surface area contributed by atoms with Gasteiger partial charge < -0.3 is 4.74 Å². The summed E-state index contributed by atoms with van der Waals surface area (Å²) in [5.74, 6) is 0. The summed E-state index contributed by atoms with van der Waals surface area (Å²) >= 11 is 5.98. The third-order valence-electron chi connectivity index (χ3n) is 2.49. The van der Waals surface area contributed by atoms with Gasteiger partial charge in [-0.3, -0.25) is 0 Å². The summed E-state index contributed by atoms with van der Waals surface area (Å²) in [4.78, 5) is 0. The molecule has 0 fully saturated rings. The molecule has 82 valence electrons. The average Bonchev–Trinajstić information content (AvgIpc) is 2.31. The quantitative estimate of drug-likeness (QED) is 0.775. The van der Waals surface area contributed by atoms with Gasteiger partial charge in [0.1, 0.15) is 6.10 Å². The Labute approximate surface area is 101 Å². The van der Waals surface area contributed by atoms with Gasteiger partial charge in [-0.05, 0) is 23.3 Å². The zero-order valence-electron chi connectivity index (χ0n) is 9.06. The molecule has 0 radical (unpaired) electrons. The molecule has 0 unspecified atom stereocenters. The second-order valence-corrected chi connectivity index (χ2v) is 4.02. The lowest BCUT2D eigenvalue weighted by Crippen LogP contribution is -2.02. The second kappa shape index (κ2) is 5.15. The van der Waals surface area contributed by atoms with Gasteiger partial charge in [0.2, 0.25) is 0 Å². The minimum absolute atomic E-state index is 0.0556. The maximum atomic E-state index is 5.98. The van der Waals surface area contributed by atoms with Crippen LogP contribution in [-0.2, 0) is 4.74 Å². The van der Waals surface area contributed by atoms with Crippen LogP contribution in [0.1, 0.15) is 17.2 Å². The molecule has 2 heteroatoms. The minimum Gasteiger partial charge on any atom is -0.372 e. The van der Waals surface area contributed by atoms with Crippen molar-refractivity contribution in [3.05, 3.63) is 70.7 Å². The fourth-order valence-corrected chi connectivity index (χ4v) is 1.96. The van der Waals surface area contributed by atoms with E-state index in [-0.39, 0.29) is 6.10 Å². The Balaban J connectivity index is 2.37. The zero-order valence-corrected chi connectivity index (χ0v) is 9.82. The highest BCUT2D eigenvalue weighted by atomic mass is 35.5. The molecule has 0 N–H and O–H groups in total. The van der Waals surface area contributed by atoms with Crippen LogP contribution in [0.3, 0.4) is 0 Å². The molecule has 0 amide bonds. The standard InChI is InChI=1S/C14H13ClO/c1-16-14(11-6-3-2-4-7-11)12-8-5-9-13(15)10-12/h2-10,14H,1H3/t14-/m0/s1. The highest BCUT2D eigenvalue weighted by Gasteiger charge is 2.12. The van der Waals surface area contributed by atoms with E-state index in [4.69, 9.17) is 16.3 Å². The Kier molecular flexibility index (Phi) is 3.60. The van der Waals surface area contributed by atoms with Gasteiger partial charge in [-0.25, -0.2) is 0 Å². The monoisotopic (exact) mass is 232 g/mol. The highest BCUT2D eigenvalue weighted by molar-refractivity contribution is 6.30. The number of halogens is 1. The van der Waals surface area contributed by atoms with E-state index < -0.39 is 0 Å². The summed E-state index contributed by atoms with van der Waals surface area (Å²) in [7, 11) is 1.71.